The van der Waals surface area contributed by atoms with Crippen LogP contribution in [0.25, 0.3) is 6.08 Å². The number of rotatable bonds is 4. The van der Waals surface area contributed by atoms with Crippen molar-refractivity contribution in [2.75, 3.05) is 0 Å². The summed E-state index contributed by atoms with van der Waals surface area (Å²) >= 11 is 0. The van der Waals surface area contributed by atoms with Crippen LogP contribution >= 0.6 is 0 Å². The molecule has 0 saturated heterocycles. The predicted molar refractivity (Wildman–Crippen MR) is 96.0 cm³/mol. The first-order valence-corrected chi connectivity index (χ1v) is 7.90. The molecule has 1 aliphatic heterocycles. The fourth-order valence-electron chi connectivity index (χ4n) is 2.74. The van der Waals surface area contributed by atoms with Crippen LogP contribution in [0.4, 0.5) is 5.69 Å². The number of non-ortho nitro benzene ring substituents is 1. The molecule has 1 atom stereocenters. The van der Waals surface area contributed by atoms with Crippen LogP contribution in [-0.4, -0.2) is 27.6 Å². The number of hydrazone groups is 1. The quantitative estimate of drug-likeness (QED) is 0.632. The Morgan fingerprint density at radius 1 is 1.24 bits per heavy atom. The Kier molecular flexibility index (Phi) is 4.70. The van der Waals surface area contributed by atoms with E-state index in [4.69, 9.17) is 0 Å². The SMILES string of the molecule is CC(=O)N1N=C(c2cccc([N+](=O)[O-])c2)CC1/C=C/c1ccccc1. The Morgan fingerprint density at radius 2 is 2.00 bits per heavy atom. The molecule has 6 nitrogen and oxygen atoms in total. The minimum absolute atomic E-state index is 0.0119. The molecule has 0 spiro atoms. The average molecular weight is 335 g/mol. The van der Waals surface area contributed by atoms with E-state index in [1.807, 2.05) is 42.5 Å². The van der Waals surface area contributed by atoms with Gasteiger partial charge in [0.15, 0.2) is 0 Å². The summed E-state index contributed by atoms with van der Waals surface area (Å²) in [6.45, 7) is 1.46. The van der Waals surface area contributed by atoms with Gasteiger partial charge in [0.25, 0.3) is 5.69 Å². The van der Waals surface area contributed by atoms with E-state index in [9.17, 15) is 14.9 Å². The summed E-state index contributed by atoms with van der Waals surface area (Å²) in [5.74, 6) is -0.164. The van der Waals surface area contributed by atoms with Gasteiger partial charge in [0.2, 0.25) is 5.91 Å². The molecule has 0 saturated carbocycles. The lowest BCUT2D eigenvalue weighted by molar-refractivity contribution is -0.384. The van der Waals surface area contributed by atoms with Crippen LogP contribution in [0, 0.1) is 10.1 Å². The Balaban J connectivity index is 1.85. The molecule has 0 fully saturated rings. The summed E-state index contributed by atoms with van der Waals surface area (Å²) in [7, 11) is 0. The van der Waals surface area contributed by atoms with Crippen LogP contribution in [0.3, 0.4) is 0 Å². The Labute approximate surface area is 145 Å². The summed E-state index contributed by atoms with van der Waals surface area (Å²) in [5.41, 5.74) is 2.38. The monoisotopic (exact) mass is 335 g/mol. The molecule has 1 amide bonds. The number of carbonyl (C=O) groups is 1. The van der Waals surface area contributed by atoms with Crippen molar-refractivity contribution in [3.63, 3.8) is 0 Å². The zero-order valence-electron chi connectivity index (χ0n) is 13.7. The minimum Gasteiger partial charge on any atom is -0.273 e. The predicted octanol–water partition coefficient (Wildman–Crippen LogP) is 3.63. The summed E-state index contributed by atoms with van der Waals surface area (Å²) in [5, 5.41) is 16.8. The van der Waals surface area contributed by atoms with E-state index in [0.29, 0.717) is 17.7 Å². The second kappa shape index (κ2) is 7.09. The Bertz CT molecular complexity index is 859. The normalized spacial score (nSPS) is 16.9. The molecule has 0 bridgehead atoms. The van der Waals surface area contributed by atoms with E-state index in [1.54, 1.807) is 12.1 Å². The van der Waals surface area contributed by atoms with E-state index in [0.717, 1.165) is 5.56 Å². The standard InChI is InChI=1S/C19H17N3O3/c1-14(23)21-17(11-10-15-6-3-2-4-7-15)13-19(20-21)16-8-5-9-18(12-16)22(24)25/h2-12,17H,13H2,1H3/b11-10+. The lowest BCUT2D eigenvalue weighted by Crippen LogP contribution is -2.29. The molecule has 25 heavy (non-hydrogen) atoms. The number of hydrogen-bond acceptors (Lipinski definition) is 4. The molecule has 126 valence electrons. The number of amides is 1. The van der Waals surface area contributed by atoms with Crippen molar-refractivity contribution in [3.05, 3.63) is 81.9 Å². The molecular weight excluding hydrogens is 318 g/mol. The third-order valence-corrected chi connectivity index (χ3v) is 3.97. The van der Waals surface area contributed by atoms with Gasteiger partial charge >= 0.3 is 0 Å². The molecule has 0 aromatic heterocycles. The number of hydrogen-bond donors (Lipinski definition) is 0. The maximum Gasteiger partial charge on any atom is 0.270 e. The van der Waals surface area contributed by atoms with Crippen molar-refractivity contribution >= 4 is 23.4 Å². The lowest BCUT2D eigenvalue weighted by Gasteiger charge is -2.16. The third kappa shape index (κ3) is 3.80. The largest absolute Gasteiger partial charge is 0.273 e. The fourth-order valence-corrected chi connectivity index (χ4v) is 2.74. The van der Waals surface area contributed by atoms with Gasteiger partial charge in [-0.1, -0.05) is 54.6 Å². The molecule has 0 radical (unpaired) electrons. The number of nitro benzene ring substituents is 1. The Hall–Kier alpha value is -3.28. The smallest absolute Gasteiger partial charge is 0.270 e. The van der Waals surface area contributed by atoms with Crippen molar-refractivity contribution in [2.45, 2.75) is 19.4 Å². The topological polar surface area (TPSA) is 75.8 Å². The van der Waals surface area contributed by atoms with Gasteiger partial charge in [-0.25, -0.2) is 5.01 Å². The van der Waals surface area contributed by atoms with Crippen molar-refractivity contribution in [2.24, 2.45) is 5.10 Å². The second-order valence-corrected chi connectivity index (χ2v) is 5.76. The van der Waals surface area contributed by atoms with Gasteiger partial charge in [-0.3, -0.25) is 14.9 Å². The summed E-state index contributed by atoms with van der Waals surface area (Å²) in [6.07, 6.45) is 4.40. The van der Waals surface area contributed by atoms with Gasteiger partial charge in [-0.15, -0.1) is 0 Å². The Morgan fingerprint density at radius 3 is 2.68 bits per heavy atom. The molecule has 2 aromatic rings. The number of carbonyl (C=O) groups excluding carboxylic acids is 1. The molecule has 0 N–H and O–H groups in total. The molecule has 6 heteroatoms. The lowest BCUT2D eigenvalue weighted by atomic mass is 10.0. The van der Waals surface area contributed by atoms with E-state index in [1.165, 1.54) is 24.1 Å². The first-order valence-electron chi connectivity index (χ1n) is 7.90. The van der Waals surface area contributed by atoms with Crippen LogP contribution in [-0.2, 0) is 4.79 Å². The highest BCUT2D eigenvalue weighted by Crippen LogP contribution is 2.24. The molecule has 1 unspecified atom stereocenters. The van der Waals surface area contributed by atoms with E-state index in [-0.39, 0.29) is 17.6 Å². The highest BCUT2D eigenvalue weighted by atomic mass is 16.6. The summed E-state index contributed by atoms with van der Waals surface area (Å²) in [4.78, 5) is 22.4. The molecule has 2 aromatic carbocycles. The molecule has 1 heterocycles. The van der Waals surface area contributed by atoms with Crippen molar-refractivity contribution in [3.8, 4) is 0 Å². The van der Waals surface area contributed by atoms with Crippen LogP contribution in [0.2, 0.25) is 0 Å². The van der Waals surface area contributed by atoms with Crippen molar-refractivity contribution in [1.29, 1.82) is 0 Å². The maximum atomic E-state index is 11.9. The maximum absolute atomic E-state index is 11.9. The van der Waals surface area contributed by atoms with Gasteiger partial charge < -0.3 is 0 Å². The highest BCUT2D eigenvalue weighted by Gasteiger charge is 2.28. The van der Waals surface area contributed by atoms with Crippen molar-refractivity contribution < 1.29 is 9.72 Å². The van der Waals surface area contributed by atoms with Gasteiger partial charge in [0.1, 0.15) is 0 Å². The van der Waals surface area contributed by atoms with Gasteiger partial charge in [-0.05, 0) is 5.56 Å². The zero-order valence-corrected chi connectivity index (χ0v) is 13.7. The first kappa shape index (κ1) is 16.6. The molecule has 3 rings (SSSR count). The number of benzene rings is 2. The zero-order chi connectivity index (χ0) is 17.8. The van der Waals surface area contributed by atoms with Gasteiger partial charge in [0, 0.05) is 31.0 Å². The number of nitro groups is 1. The first-order chi connectivity index (χ1) is 12.0. The van der Waals surface area contributed by atoms with Gasteiger partial charge in [0.05, 0.1) is 16.7 Å². The minimum atomic E-state index is -0.436. The van der Waals surface area contributed by atoms with Gasteiger partial charge in [-0.2, -0.15) is 5.10 Å². The van der Waals surface area contributed by atoms with Crippen molar-refractivity contribution in [1.82, 2.24) is 5.01 Å². The third-order valence-electron chi connectivity index (χ3n) is 3.97. The van der Waals surface area contributed by atoms with Crippen LogP contribution in [0.5, 0.6) is 0 Å². The summed E-state index contributed by atoms with van der Waals surface area (Å²) < 4.78 is 0. The molecular formula is C19H17N3O3. The second-order valence-electron chi connectivity index (χ2n) is 5.76. The van der Waals surface area contributed by atoms with E-state index in [2.05, 4.69) is 5.10 Å². The van der Waals surface area contributed by atoms with E-state index >= 15 is 0 Å². The van der Waals surface area contributed by atoms with Crippen LogP contribution in [0.1, 0.15) is 24.5 Å². The average Bonchev–Trinajstić information content (AvgIpc) is 3.05. The number of nitrogens with zero attached hydrogens (tertiary/aromatic N) is 3. The highest BCUT2D eigenvalue weighted by molar-refractivity contribution is 6.03. The van der Waals surface area contributed by atoms with E-state index < -0.39 is 4.92 Å². The van der Waals surface area contributed by atoms with Crippen LogP contribution < -0.4 is 0 Å². The molecule has 1 aliphatic rings. The summed E-state index contributed by atoms with van der Waals surface area (Å²) in [6, 6.07) is 15.9. The molecule has 0 aliphatic carbocycles. The van der Waals surface area contributed by atoms with Crippen LogP contribution in [0.15, 0.2) is 65.8 Å². The fraction of sp³-hybridized carbons (Fsp3) is 0.158.